The van der Waals surface area contributed by atoms with Crippen molar-refractivity contribution < 1.29 is 35.0 Å². The van der Waals surface area contributed by atoms with E-state index in [4.69, 9.17) is 9.47 Å². The Morgan fingerprint density at radius 1 is 0.520 bits per heavy atom. The summed E-state index contributed by atoms with van der Waals surface area (Å²) in [5.41, 5.74) is 9.10. The highest BCUT2D eigenvalue weighted by atomic mass is 16.5. The van der Waals surface area contributed by atoms with Crippen LogP contribution in [0.3, 0.4) is 0 Å². The monoisotopic (exact) mass is 674 g/mol. The highest BCUT2D eigenvalue weighted by molar-refractivity contribution is 5.57. The molecule has 50 heavy (non-hydrogen) atoms. The zero-order valence-corrected chi connectivity index (χ0v) is 29.0. The number of phenols is 5. The lowest BCUT2D eigenvalue weighted by Crippen LogP contribution is -2.09. The molecular formula is C43H46O7. The first-order valence-electron chi connectivity index (χ1n) is 17.3. The van der Waals surface area contributed by atoms with E-state index in [1.807, 2.05) is 48.5 Å². The lowest BCUT2D eigenvalue weighted by atomic mass is 9.80. The lowest BCUT2D eigenvalue weighted by molar-refractivity contribution is 0.370. The second-order valence-corrected chi connectivity index (χ2v) is 13.6. The Morgan fingerprint density at radius 3 is 1.46 bits per heavy atom. The summed E-state index contributed by atoms with van der Waals surface area (Å²) in [4.78, 5) is 0. The van der Waals surface area contributed by atoms with E-state index in [-0.39, 0.29) is 28.9 Å². The van der Waals surface area contributed by atoms with Gasteiger partial charge in [-0.3, -0.25) is 0 Å². The van der Waals surface area contributed by atoms with Gasteiger partial charge in [-0.1, -0.05) is 61.7 Å². The van der Waals surface area contributed by atoms with E-state index in [2.05, 4.69) is 13.0 Å². The third-order valence-electron chi connectivity index (χ3n) is 10.2. The number of hydrogen-bond donors (Lipinski definition) is 5. The molecule has 6 rings (SSSR count). The zero-order chi connectivity index (χ0) is 35.4. The van der Waals surface area contributed by atoms with Gasteiger partial charge >= 0.3 is 0 Å². The number of aromatic hydroxyl groups is 5. The van der Waals surface area contributed by atoms with E-state index in [1.165, 1.54) is 13.5 Å². The van der Waals surface area contributed by atoms with Crippen molar-refractivity contribution in [2.45, 2.75) is 70.6 Å². The molecular weight excluding hydrogens is 628 g/mol. The molecule has 0 amide bonds. The molecule has 1 aliphatic carbocycles. The fourth-order valence-electron chi connectivity index (χ4n) is 7.37. The van der Waals surface area contributed by atoms with Crippen molar-refractivity contribution in [2.75, 3.05) is 14.2 Å². The number of benzene rings is 5. The molecule has 260 valence electrons. The van der Waals surface area contributed by atoms with Crippen LogP contribution in [0.4, 0.5) is 0 Å². The van der Waals surface area contributed by atoms with Crippen LogP contribution in [0.5, 0.6) is 40.2 Å². The predicted octanol–water partition coefficient (Wildman–Crippen LogP) is 8.95. The summed E-state index contributed by atoms with van der Waals surface area (Å²) in [7, 11) is 3.09. The molecule has 5 N–H and O–H groups in total. The van der Waals surface area contributed by atoms with Crippen LogP contribution in [0.25, 0.3) is 0 Å². The van der Waals surface area contributed by atoms with Crippen molar-refractivity contribution in [2.24, 2.45) is 0 Å². The van der Waals surface area contributed by atoms with E-state index in [1.54, 1.807) is 31.4 Å². The maximum Gasteiger partial charge on any atom is 0.161 e. The summed E-state index contributed by atoms with van der Waals surface area (Å²) >= 11 is 0. The molecule has 0 saturated heterocycles. The van der Waals surface area contributed by atoms with Crippen molar-refractivity contribution in [3.8, 4) is 40.2 Å². The molecule has 5 aromatic carbocycles. The average Bonchev–Trinajstić information content (AvgIpc) is 3.12. The number of hydrogen-bond acceptors (Lipinski definition) is 7. The molecule has 7 heteroatoms. The van der Waals surface area contributed by atoms with Gasteiger partial charge in [-0.2, -0.15) is 0 Å². The molecule has 0 heterocycles. The normalized spacial score (nSPS) is 13.3. The van der Waals surface area contributed by atoms with Crippen LogP contribution < -0.4 is 9.47 Å². The van der Waals surface area contributed by atoms with Gasteiger partial charge in [0.2, 0.25) is 0 Å². The Balaban J connectivity index is 1.40. The summed E-state index contributed by atoms with van der Waals surface area (Å²) in [5.74, 6) is 1.92. The Kier molecular flexibility index (Phi) is 10.4. The number of phenolic OH excluding ortho intramolecular Hbond substituents is 5. The van der Waals surface area contributed by atoms with Crippen molar-refractivity contribution >= 4 is 0 Å². The summed E-state index contributed by atoms with van der Waals surface area (Å²) < 4.78 is 11.2. The SMILES string of the molecule is COc1cc(Cc2cc(C3CCCCC3)c(O)c(Cc3cc(Cc4ccc(O)cc4)c(O)c(OC)c3)c2C)cc(Cc2ccc(O)cc2)c1O. The summed E-state index contributed by atoms with van der Waals surface area (Å²) in [6.45, 7) is 2.05. The molecule has 0 aromatic heterocycles. The number of ether oxygens (including phenoxy) is 2. The van der Waals surface area contributed by atoms with Crippen molar-refractivity contribution in [1.82, 2.24) is 0 Å². The second-order valence-electron chi connectivity index (χ2n) is 13.6. The molecule has 0 unspecified atom stereocenters. The van der Waals surface area contributed by atoms with Crippen LogP contribution in [0, 0.1) is 6.92 Å². The van der Waals surface area contributed by atoms with Crippen molar-refractivity contribution in [3.05, 3.63) is 134 Å². The van der Waals surface area contributed by atoms with Crippen LogP contribution in [0.2, 0.25) is 0 Å². The fraction of sp³-hybridized carbons (Fsp3) is 0.302. The topological polar surface area (TPSA) is 120 Å². The Bertz CT molecular complexity index is 1960. The van der Waals surface area contributed by atoms with Gasteiger partial charge in [-0.25, -0.2) is 0 Å². The van der Waals surface area contributed by atoms with Gasteiger partial charge in [0.25, 0.3) is 0 Å². The molecule has 0 atom stereocenters. The Hall–Kier alpha value is -5.30. The Labute approximate surface area is 294 Å². The third kappa shape index (κ3) is 7.62. The summed E-state index contributed by atoms with van der Waals surface area (Å²) in [6.07, 6.45) is 7.46. The maximum absolute atomic E-state index is 12.0. The fourth-order valence-corrected chi connectivity index (χ4v) is 7.37. The molecule has 0 bridgehead atoms. The Morgan fingerprint density at radius 2 is 0.980 bits per heavy atom. The van der Waals surface area contributed by atoms with Crippen LogP contribution in [-0.2, 0) is 25.7 Å². The molecule has 5 aromatic rings. The molecule has 1 fully saturated rings. The average molecular weight is 675 g/mol. The first kappa shape index (κ1) is 34.6. The third-order valence-corrected chi connectivity index (χ3v) is 10.2. The highest BCUT2D eigenvalue weighted by Gasteiger charge is 2.25. The quantitative estimate of drug-likeness (QED) is 0.0949. The lowest BCUT2D eigenvalue weighted by Gasteiger charge is -2.26. The summed E-state index contributed by atoms with van der Waals surface area (Å²) in [6, 6.07) is 23.8. The number of methoxy groups -OCH3 is 2. The van der Waals surface area contributed by atoms with Crippen LogP contribution in [-0.4, -0.2) is 39.8 Å². The minimum atomic E-state index is 0.0753. The first-order valence-corrected chi connectivity index (χ1v) is 17.3. The number of rotatable bonds is 11. The maximum atomic E-state index is 12.0. The standard InChI is InChI=1S/C43H46O7/c1-26-32(19-29-20-33(41(46)39(23-29)49-2)17-27-9-13-35(44)14-10-27)25-38(31-7-5-4-6-8-31)43(48)37(26)22-30-21-34(42(47)40(24-30)50-3)18-28-11-15-36(45)16-12-28/h9-16,20-21,23-25,31,44-48H,4-8,17-19,22H2,1-3H3. The van der Waals surface area contributed by atoms with E-state index in [0.29, 0.717) is 48.5 Å². The van der Waals surface area contributed by atoms with Gasteiger partial charge in [0.1, 0.15) is 17.2 Å². The van der Waals surface area contributed by atoms with E-state index in [9.17, 15) is 25.5 Å². The molecule has 1 aliphatic rings. The van der Waals surface area contributed by atoms with E-state index in [0.717, 1.165) is 75.8 Å². The molecule has 0 spiro atoms. The minimum absolute atomic E-state index is 0.0753. The van der Waals surface area contributed by atoms with Gasteiger partial charge in [0.15, 0.2) is 23.0 Å². The van der Waals surface area contributed by atoms with Gasteiger partial charge in [-0.15, -0.1) is 0 Å². The van der Waals surface area contributed by atoms with Crippen molar-refractivity contribution in [1.29, 1.82) is 0 Å². The zero-order valence-electron chi connectivity index (χ0n) is 29.0. The van der Waals surface area contributed by atoms with Crippen LogP contribution in [0.15, 0.2) is 78.9 Å². The predicted molar refractivity (Wildman–Crippen MR) is 195 cm³/mol. The van der Waals surface area contributed by atoms with Gasteiger partial charge in [0, 0.05) is 36.0 Å². The van der Waals surface area contributed by atoms with Gasteiger partial charge in [-0.05, 0) is 107 Å². The molecule has 1 saturated carbocycles. The summed E-state index contributed by atoms with van der Waals surface area (Å²) in [5, 5.41) is 53.6. The van der Waals surface area contributed by atoms with Crippen LogP contribution >= 0.6 is 0 Å². The van der Waals surface area contributed by atoms with Gasteiger partial charge < -0.3 is 35.0 Å². The first-order chi connectivity index (χ1) is 24.1. The van der Waals surface area contributed by atoms with E-state index < -0.39 is 0 Å². The van der Waals surface area contributed by atoms with Crippen molar-refractivity contribution in [3.63, 3.8) is 0 Å². The molecule has 7 nitrogen and oxygen atoms in total. The minimum Gasteiger partial charge on any atom is -0.508 e. The molecule has 0 aliphatic heterocycles. The van der Waals surface area contributed by atoms with Gasteiger partial charge in [0.05, 0.1) is 14.2 Å². The highest BCUT2D eigenvalue weighted by Crippen LogP contribution is 2.43. The van der Waals surface area contributed by atoms with E-state index >= 15 is 0 Å². The smallest absolute Gasteiger partial charge is 0.161 e. The van der Waals surface area contributed by atoms with Crippen LogP contribution in [0.1, 0.15) is 93.7 Å². The molecule has 0 radical (unpaired) electrons. The largest absolute Gasteiger partial charge is 0.508 e. The second kappa shape index (κ2) is 15.1.